The lowest BCUT2D eigenvalue weighted by molar-refractivity contribution is -0.122. The van der Waals surface area contributed by atoms with Gasteiger partial charge in [-0.2, -0.15) is 5.21 Å². The molecule has 2 aromatic carbocycles. The van der Waals surface area contributed by atoms with Crippen molar-refractivity contribution in [2.75, 3.05) is 7.05 Å². The molecule has 0 saturated carbocycles. The van der Waals surface area contributed by atoms with E-state index < -0.39 is 6.04 Å². The van der Waals surface area contributed by atoms with Gasteiger partial charge in [0, 0.05) is 19.0 Å². The maximum atomic E-state index is 12.7. The second kappa shape index (κ2) is 7.52. The lowest BCUT2D eigenvalue weighted by Crippen LogP contribution is -2.46. The van der Waals surface area contributed by atoms with Crippen LogP contribution in [0.25, 0.3) is 10.8 Å². The third-order valence-corrected chi connectivity index (χ3v) is 3.95. The summed E-state index contributed by atoms with van der Waals surface area (Å²) in [6.07, 6.45) is 0.792. The highest BCUT2D eigenvalue weighted by Gasteiger charge is 2.22. The van der Waals surface area contributed by atoms with Gasteiger partial charge in [0.25, 0.3) is 5.91 Å². The molecular weight excluding hydrogens is 320 g/mol. The van der Waals surface area contributed by atoms with Crippen molar-refractivity contribution in [2.24, 2.45) is 0 Å². The highest BCUT2D eigenvalue weighted by atomic mass is 16.2. The van der Waals surface area contributed by atoms with E-state index in [1.807, 2.05) is 36.4 Å². The van der Waals surface area contributed by atoms with Gasteiger partial charge in [0.15, 0.2) is 5.82 Å². The maximum Gasteiger partial charge on any atom is 0.252 e. The van der Waals surface area contributed by atoms with Crippen LogP contribution < -0.4 is 10.6 Å². The number of carbonyl (C=O) groups is 2. The molecule has 25 heavy (non-hydrogen) atoms. The summed E-state index contributed by atoms with van der Waals surface area (Å²) in [7, 11) is 1.54. The summed E-state index contributed by atoms with van der Waals surface area (Å²) in [6.45, 7) is 0. The van der Waals surface area contributed by atoms with Gasteiger partial charge in [0.1, 0.15) is 6.04 Å². The van der Waals surface area contributed by atoms with E-state index in [4.69, 9.17) is 0 Å². The molecule has 3 rings (SSSR count). The number of hydrogen-bond acceptors (Lipinski definition) is 5. The van der Waals surface area contributed by atoms with Gasteiger partial charge in [-0.3, -0.25) is 9.59 Å². The Morgan fingerprint density at radius 2 is 1.96 bits per heavy atom. The van der Waals surface area contributed by atoms with Gasteiger partial charge in [-0.15, -0.1) is 10.2 Å². The van der Waals surface area contributed by atoms with Gasteiger partial charge in [-0.25, -0.2) is 0 Å². The predicted octanol–water partition coefficient (Wildman–Crippen LogP) is 0.830. The van der Waals surface area contributed by atoms with E-state index in [9.17, 15) is 9.59 Å². The Balaban J connectivity index is 1.78. The van der Waals surface area contributed by atoms with Crippen LogP contribution in [-0.4, -0.2) is 45.5 Å². The molecule has 1 aromatic heterocycles. The molecule has 0 fully saturated rings. The smallest absolute Gasteiger partial charge is 0.252 e. The number of fused-ring (bicyclic) bond motifs is 1. The van der Waals surface area contributed by atoms with Gasteiger partial charge in [0.05, 0.1) is 0 Å². The zero-order valence-corrected chi connectivity index (χ0v) is 13.7. The molecule has 8 heteroatoms. The number of rotatable bonds is 6. The first-order valence-corrected chi connectivity index (χ1v) is 7.91. The van der Waals surface area contributed by atoms with Crippen LogP contribution in [0.2, 0.25) is 0 Å². The Morgan fingerprint density at radius 3 is 2.72 bits per heavy atom. The maximum absolute atomic E-state index is 12.7. The van der Waals surface area contributed by atoms with Gasteiger partial charge in [-0.1, -0.05) is 41.6 Å². The van der Waals surface area contributed by atoms with Crippen molar-refractivity contribution in [3.05, 3.63) is 53.9 Å². The third kappa shape index (κ3) is 3.79. The summed E-state index contributed by atoms with van der Waals surface area (Å²) in [5.41, 5.74) is 0.534. The van der Waals surface area contributed by atoms with Gasteiger partial charge < -0.3 is 10.6 Å². The molecule has 2 amide bonds. The molecule has 1 heterocycles. The summed E-state index contributed by atoms with van der Waals surface area (Å²) in [4.78, 5) is 24.8. The number of aromatic amines is 1. The van der Waals surface area contributed by atoms with Crippen LogP contribution in [0.15, 0.2) is 42.5 Å². The average molecular weight is 338 g/mol. The summed E-state index contributed by atoms with van der Waals surface area (Å²) < 4.78 is 0. The monoisotopic (exact) mass is 338 g/mol. The van der Waals surface area contributed by atoms with E-state index in [1.165, 1.54) is 7.05 Å². The van der Waals surface area contributed by atoms with E-state index in [0.29, 0.717) is 24.2 Å². The van der Waals surface area contributed by atoms with Crippen LogP contribution in [0.4, 0.5) is 0 Å². The fourth-order valence-corrected chi connectivity index (χ4v) is 2.66. The van der Waals surface area contributed by atoms with Crippen molar-refractivity contribution in [1.82, 2.24) is 31.3 Å². The van der Waals surface area contributed by atoms with E-state index in [2.05, 4.69) is 31.3 Å². The topological polar surface area (TPSA) is 113 Å². The molecule has 3 N–H and O–H groups in total. The second-order valence-corrected chi connectivity index (χ2v) is 5.53. The molecule has 0 unspecified atom stereocenters. The van der Waals surface area contributed by atoms with Crippen LogP contribution in [0, 0.1) is 0 Å². The van der Waals surface area contributed by atoms with Crippen LogP contribution in [0.3, 0.4) is 0 Å². The molecule has 0 radical (unpaired) electrons. The first-order chi connectivity index (χ1) is 12.2. The number of carbonyl (C=O) groups excluding carboxylic acids is 2. The minimum absolute atomic E-state index is 0.267. The fraction of sp³-hybridized carbons (Fsp3) is 0.235. The number of likely N-dealkylation sites (N-methyl/N-ethyl adjacent to an activating group) is 1. The zero-order chi connectivity index (χ0) is 17.6. The Bertz CT molecular complexity index is 872. The number of nitrogens with one attached hydrogen (secondary N) is 3. The van der Waals surface area contributed by atoms with E-state index in [1.54, 1.807) is 6.07 Å². The standard InChI is InChI=1S/C17H18N6O2/c1-18-17(25)14(9-10-15-20-22-23-21-15)19-16(24)13-8-4-6-11-5-2-3-7-12(11)13/h2-8,14H,9-10H2,1H3,(H,18,25)(H,19,24)(H,20,21,22,23)/t14-/m0/s1. The summed E-state index contributed by atoms with van der Waals surface area (Å²) >= 11 is 0. The lowest BCUT2D eigenvalue weighted by atomic mass is 10.0. The number of tetrazole rings is 1. The SMILES string of the molecule is CNC(=O)[C@H](CCc1nn[nH]n1)NC(=O)c1cccc2ccccc12. The quantitative estimate of drug-likeness (QED) is 0.616. The van der Waals surface area contributed by atoms with Crippen molar-refractivity contribution in [1.29, 1.82) is 0 Å². The largest absolute Gasteiger partial charge is 0.357 e. The van der Waals surface area contributed by atoms with Crippen molar-refractivity contribution >= 4 is 22.6 Å². The van der Waals surface area contributed by atoms with Crippen LogP contribution in [0.5, 0.6) is 0 Å². The zero-order valence-electron chi connectivity index (χ0n) is 13.7. The highest BCUT2D eigenvalue weighted by molar-refractivity contribution is 6.08. The predicted molar refractivity (Wildman–Crippen MR) is 91.8 cm³/mol. The van der Waals surface area contributed by atoms with Crippen molar-refractivity contribution < 1.29 is 9.59 Å². The summed E-state index contributed by atoms with van der Waals surface area (Å²) in [5, 5.41) is 20.8. The number of aryl methyl sites for hydroxylation is 1. The minimum Gasteiger partial charge on any atom is -0.357 e. The van der Waals surface area contributed by atoms with E-state index >= 15 is 0 Å². The van der Waals surface area contributed by atoms with Crippen LogP contribution in [0.1, 0.15) is 22.6 Å². The second-order valence-electron chi connectivity index (χ2n) is 5.53. The molecule has 8 nitrogen and oxygen atoms in total. The van der Waals surface area contributed by atoms with Gasteiger partial charge in [-0.05, 0) is 23.3 Å². The van der Waals surface area contributed by atoms with Crippen LogP contribution in [-0.2, 0) is 11.2 Å². The molecule has 3 aromatic rings. The van der Waals surface area contributed by atoms with Gasteiger partial charge in [0.2, 0.25) is 5.91 Å². The molecule has 128 valence electrons. The Morgan fingerprint density at radius 1 is 1.16 bits per heavy atom. The van der Waals surface area contributed by atoms with Crippen molar-refractivity contribution in [2.45, 2.75) is 18.9 Å². The highest BCUT2D eigenvalue weighted by Crippen LogP contribution is 2.18. The molecule has 0 aliphatic carbocycles. The average Bonchev–Trinajstić information content (AvgIpc) is 3.17. The third-order valence-electron chi connectivity index (χ3n) is 3.95. The molecule has 0 bridgehead atoms. The number of amides is 2. The number of H-pyrrole nitrogens is 1. The Kier molecular flexibility index (Phi) is 4.98. The van der Waals surface area contributed by atoms with Gasteiger partial charge >= 0.3 is 0 Å². The number of aromatic nitrogens is 4. The van der Waals surface area contributed by atoms with Crippen molar-refractivity contribution in [3.63, 3.8) is 0 Å². The molecule has 1 atom stereocenters. The minimum atomic E-state index is -0.685. The first kappa shape index (κ1) is 16.6. The molecule has 0 spiro atoms. The summed E-state index contributed by atoms with van der Waals surface area (Å²) in [6, 6.07) is 12.5. The Labute approximate surface area is 144 Å². The molecule has 0 aliphatic heterocycles. The molecule has 0 saturated heterocycles. The lowest BCUT2D eigenvalue weighted by Gasteiger charge is -2.17. The summed E-state index contributed by atoms with van der Waals surface area (Å²) in [5.74, 6) is -0.0658. The first-order valence-electron chi connectivity index (χ1n) is 7.91. The van der Waals surface area contributed by atoms with E-state index in [-0.39, 0.29) is 11.8 Å². The Hall–Kier alpha value is -3.29. The number of benzene rings is 2. The van der Waals surface area contributed by atoms with Crippen molar-refractivity contribution in [3.8, 4) is 0 Å². The van der Waals surface area contributed by atoms with Crippen LogP contribution >= 0.6 is 0 Å². The molecular formula is C17H18N6O2. The number of hydrogen-bond donors (Lipinski definition) is 3. The normalized spacial score (nSPS) is 11.9. The van der Waals surface area contributed by atoms with E-state index in [0.717, 1.165) is 10.8 Å². The molecule has 0 aliphatic rings. The number of nitrogens with zero attached hydrogens (tertiary/aromatic N) is 3. The fourth-order valence-electron chi connectivity index (χ4n) is 2.66.